The Morgan fingerprint density at radius 1 is 1.05 bits per heavy atom. The minimum atomic E-state index is -4.79. The highest BCUT2D eigenvalue weighted by Gasteiger charge is 2.40. The van der Waals surface area contributed by atoms with E-state index in [0.717, 1.165) is 12.1 Å². The van der Waals surface area contributed by atoms with Crippen molar-refractivity contribution in [3.63, 3.8) is 0 Å². The molecular weight excluding hydrogens is 296 g/mol. The molecule has 0 amide bonds. The van der Waals surface area contributed by atoms with Gasteiger partial charge in [-0.3, -0.25) is 0 Å². The molecule has 7 heteroatoms. The van der Waals surface area contributed by atoms with Gasteiger partial charge < -0.3 is 5.32 Å². The van der Waals surface area contributed by atoms with Crippen molar-refractivity contribution in [3.8, 4) is 0 Å². The predicted molar refractivity (Wildman–Crippen MR) is 65.8 cm³/mol. The van der Waals surface area contributed by atoms with Crippen molar-refractivity contribution >= 4 is 0 Å². The molecule has 1 aromatic rings. The Morgan fingerprint density at radius 2 is 1.71 bits per heavy atom. The molecule has 2 rings (SSSR count). The lowest BCUT2D eigenvalue weighted by atomic mass is 9.80. The molecule has 2 atom stereocenters. The number of piperidine rings is 1. The molecule has 0 radical (unpaired) electrons. The summed E-state index contributed by atoms with van der Waals surface area (Å²) < 4.78 is 77.2. The minimum absolute atomic E-state index is 0.0375. The summed E-state index contributed by atoms with van der Waals surface area (Å²) in [5.41, 5.74) is -2.47. The van der Waals surface area contributed by atoms with Crippen molar-refractivity contribution in [2.24, 2.45) is 5.92 Å². The van der Waals surface area contributed by atoms with E-state index in [1.807, 2.05) is 0 Å². The van der Waals surface area contributed by atoms with E-state index in [9.17, 15) is 26.3 Å². The van der Waals surface area contributed by atoms with Crippen LogP contribution in [0, 0.1) is 5.92 Å². The third kappa shape index (κ3) is 3.51. The Hall–Kier alpha value is -1.24. The number of hydrogen-bond donors (Lipinski definition) is 1. The third-order valence-corrected chi connectivity index (χ3v) is 3.87. The topological polar surface area (TPSA) is 12.0 Å². The van der Waals surface area contributed by atoms with Crippen LogP contribution in [0.4, 0.5) is 26.3 Å². The zero-order valence-corrected chi connectivity index (χ0v) is 11.3. The van der Waals surface area contributed by atoms with E-state index in [2.05, 4.69) is 5.32 Å². The average Bonchev–Trinajstić information content (AvgIpc) is 2.36. The maximum Gasteiger partial charge on any atom is 0.416 e. The van der Waals surface area contributed by atoms with Gasteiger partial charge in [0.15, 0.2) is 0 Å². The number of rotatable bonds is 1. The van der Waals surface area contributed by atoms with Crippen LogP contribution in [0.25, 0.3) is 0 Å². The van der Waals surface area contributed by atoms with Gasteiger partial charge in [-0.25, -0.2) is 0 Å². The largest absolute Gasteiger partial charge is 0.416 e. The first-order valence-electron chi connectivity index (χ1n) is 6.59. The van der Waals surface area contributed by atoms with Crippen molar-refractivity contribution in [1.82, 2.24) is 5.32 Å². The van der Waals surface area contributed by atoms with Gasteiger partial charge in [-0.15, -0.1) is 0 Å². The van der Waals surface area contributed by atoms with Crippen LogP contribution >= 0.6 is 0 Å². The van der Waals surface area contributed by atoms with Crippen molar-refractivity contribution < 1.29 is 26.3 Å². The summed E-state index contributed by atoms with van der Waals surface area (Å²) in [5.74, 6) is -0.443. The van der Waals surface area contributed by atoms with Crippen molar-refractivity contribution in [3.05, 3.63) is 34.9 Å². The molecule has 1 aliphatic rings. The molecule has 1 N–H and O–H groups in total. The van der Waals surface area contributed by atoms with Crippen LogP contribution in [0.1, 0.15) is 36.0 Å². The molecule has 1 saturated heterocycles. The number of hydrogen-bond acceptors (Lipinski definition) is 1. The summed E-state index contributed by atoms with van der Waals surface area (Å²) in [6.07, 6.45) is -9.09. The Bertz CT molecular complexity index is 505. The second-order valence-electron chi connectivity index (χ2n) is 5.37. The molecule has 1 nitrogen and oxygen atoms in total. The van der Waals surface area contributed by atoms with Gasteiger partial charge in [0.25, 0.3) is 0 Å². The van der Waals surface area contributed by atoms with Crippen LogP contribution in [-0.4, -0.2) is 13.1 Å². The predicted octanol–water partition coefficient (Wildman–Crippen LogP) is 4.44. The monoisotopic (exact) mass is 311 g/mol. The summed E-state index contributed by atoms with van der Waals surface area (Å²) in [6, 6.07) is 1.95. The van der Waals surface area contributed by atoms with Gasteiger partial charge in [0, 0.05) is 0 Å². The standard InChI is InChI=1S/C14H15F6N/c1-8-7-21-5-4-10(8)11-3-2-9(13(15,16)17)6-12(11)14(18,19)20/h2-3,6,8,10,21H,4-5,7H2,1H3/t8-,10+/m0/s1. The summed E-state index contributed by atoms with van der Waals surface area (Å²) in [6.45, 7) is 2.92. The van der Waals surface area contributed by atoms with Crippen LogP contribution in [0.5, 0.6) is 0 Å². The van der Waals surface area contributed by atoms with E-state index < -0.39 is 23.5 Å². The fraction of sp³-hybridized carbons (Fsp3) is 0.571. The molecule has 0 aromatic heterocycles. The Morgan fingerprint density at radius 3 is 2.24 bits per heavy atom. The van der Waals surface area contributed by atoms with E-state index in [1.54, 1.807) is 6.92 Å². The fourth-order valence-electron chi connectivity index (χ4n) is 2.78. The molecule has 1 aromatic carbocycles. The molecule has 21 heavy (non-hydrogen) atoms. The minimum Gasteiger partial charge on any atom is -0.316 e. The molecule has 0 bridgehead atoms. The van der Waals surface area contributed by atoms with Crippen molar-refractivity contribution in [1.29, 1.82) is 0 Å². The number of halogens is 6. The Kier molecular flexibility index (Phi) is 4.24. The van der Waals surface area contributed by atoms with Gasteiger partial charge in [0.1, 0.15) is 0 Å². The fourth-order valence-corrected chi connectivity index (χ4v) is 2.78. The van der Waals surface area contributed by atoms with Gasteiger partial charge >= 0.3 is 12.4 Å². The van der Waals surface area contributed by atoms with Crippen LogP contribution in [-0.2, 0) is 12.4 Å². The summed E-state index contributed by atoms with van der Waals surface area (Å²) in [7, 11) is 0. The highest BCUT2D eigenvalue weighted by atomic mass is 19.4. The third-order valence-electron chi connectivity index (χ3n) is 3.87. The molecule has 0 aliphatic carbocycles. The molecule has 1 heterocycles. The van der Waals surface area contributed by atoms with Crippen LogP contribution < -0.4 is 5.32 Å². The maximum atomic E-state index is 13.1. The van der Waals surface area contributed by atoms with E-state index in [4.69, 9.17) is 0 Å². The maximum absolute atomic E-state index is 13.1. The van der Waals surface area contributed by atoms with Crippen LogP contribution in [0.3, 0.4) is 0 Å². The molecule has 0 unspecified atom stereocenters. The first kappa shape index (κ1) is 16.1. The smallest absolute Gasteiger partial charge is 0.316 e. The van der Waals surface area contributed by atoms with Gasteiger partial charge in [0.05, 0.1) is 11.1 Å². The lowest BCUT2D eigenvalue weighted by Gasteiger charge is -2.32. The van der Waals surface area contributed by atoms with Gasteiger partial charge in [-0.1, -0.05) is 13.0 Å². The van der Waals surface area contributed by atoms with E-state index in [0.29, 0.717) is 19.5 Å². The Balaban J connectivity index is 2.50. The number of nitrogens with one attached hydrogen (secondary N) is 1. The normalized spacial score (nSPS) is 24.1. The second-order valence-corrected chi connectivity index (χ2v) is 5.37. The molecule has 118 valence electrons. The van der Waals surface area contributed by atoms with Crippen molar-refractivity contribution in [2.75, 3.05) is 13.1 Å². The quantitative estimate of drug-likeness (QED) is 0.756. The van der Waals surface area contributed by atoms with Crippen LogP contribution in [0.15, 0.2) is 18.2 Å². The lowest BCUT2D eigenvalue weighted by molar-refractivity contribution is -0.143. The first-order chi connectivity index (χ1) is 9.60. The number of benzene rings is 1. The summed E-state index contributed by atoms with van der Waals surface area (Å²) in [5, 5.41) is 3.07. The molecule has 1 fully saturated rings. The molecular formula is C14H15F6N. The number of alkyl halides is 6. The van der Waals surface area contributed by atoms with Crippen molar-refractivity contribution in [2.45, 2.75) is 31.6 Å². The van der Waals surface area contributed by atoms with E-state index in [1.165, 1.54) is 0 Å². The molecule has 0 saturated carbocycles. The first-order valence-corrected chi connectivity index (χ1v) is 6.59. The Labute approximate surface area is 118 Å². The SMILES string of the molecule is C[C@H]1CNCC[C@H]1c1ccc(C(F)(F)F)cc1C(F)(F)F. The van der Waals surface area contributed by atoms with Gasteiger partial charge in [-0.2, -0.15) is 26.3 Å². The van der Waals surface area contributed by atoms with E-state index >= 15 is 0 Å². The van der Waals surface area contributed by atoms with E-state index in [-0.39, 0.29) is 23.5 Å². The zero-order valence-electron chi connectivity index (χ0n) is 11.3. The second kappa shape index (κ2) is 5.51. The highest BCUT2D eigenvalue weighted by Crippen LogP contribution is 2.42. The molecule has 0 spiro atoms. The van der Waals surface area contributed by atoms with Crippen LogP contribution in [0.2, 0.25) is 0 Å². The average molecular weight is 311 g/mol. The molecule has 1 aliphatic heterocycles. The zero-order chi connectivity index (χ0) is 15.8. The lowest BCUT2D eigenvalue weighted by Crippen LogP contribution is -2.34. The van der Waals surface area contributed by atoms with Gasteiger partial charge in [0.2, 0.25) is 0 Å². The highest BCUT2D eigenvalue weighted by molar-refractivity contribution is 5.38. The summed E-state index contributed by atoms with van der Waals surface area (Å²) in [4.78, 5) is 0. The summed E-state index contributed by atoms with van der Waals surface area (Å²) >= 11 is 0. The van der Waals surface area contributed by atoms with Gasteiger partial charge in [-0.05, 0) is 49.0 Å².